The summed E-state index contributed by atoms with van der Waals surface area (Å²) in [7, 11) is 4.30. The number of halogens is 1. The van der Waals surface area contributed by atoms with E-state index in [1.165, 1.54) is 0 Å². The molecule has 0 unspecified atom stereocenters. The summed E-state index contributed by atoms with van der Waals surface area (Å²) < 4.78 is 1.55. The summed E-state index contributed by atoms with van der Waals surface area (Å²) in [5.74, 6) is -0.261. The number of H-pyrrole nitrogens is 1. The van der Waals surface area contributed by atoms with Crippen LogP contribution in [0, 0.1) is 6.92 Å². The quantitative estimate of drug-likeness (QED) is 0.535. The van der Waals surface area contributed by atoms with Crippen molar-refractivity contribution >= 4 is 28.8 Å². The molecule has 0 saturated heterocycles. The maximum absolute atomic E-state index is 13.2. The number of benzene rings is 1. The summed E-state index contributed by atoms with van der Waals surface area (Å²) >= 11 is 6.49. The van der Waals surface area contributed by atoms with Gasteiger partial charge in [-0.1, -0.05) is 11.6 Å². The lowest BCUT2D eigenvalue weighted by Gasteiger charge is -2.40. The van der Waals surface area contributed by atoms with Crippen LogP contribution in [-0.2, 0) is 6.54 Å². The summed E-state index contributed by atoms with van der Waals surface area (Å²) in [6, 6.07) is 6.44. The van der Waals surface area contributed by atoms with Crippen LogP contribution in [-0.4, -0.2) is 58.1 Å². The second kappa shape index (κ2) is 10.2. The molecule has 1 aliphatic carbocycles. The van der Waals surface area contributed by atoms with Crippen molar-refractivity contribution in [3.8, 4) is 0 Å². The van der Waals surface area contributed by atoms with Crippen molar-refractivity contribution in [1.29, 1.82) is 0 Å². The Morgan fingerprint density at radius 1 is 1.24 bits per heavy atom. The number of hydrogen-bond donors (Lipinski definition) is 2. The third-order valence-corrected chi connectivity index (χ3v) is 7.23. The van der Waals surface area contributed by atoms with Crippen LogP contribution in [0.1, 0.15) is 54.1 Å². The molecule has 1 amide bonds. The zero-order valence-corrected chi connectivity index (χ0v) is 21.0. The van der Waals surface area contributed by atoms with E-state index in [2.05, 4.69) is 46.2 Å². The second-order valence-electron chi connectivity index (χ2n) is 9.22. The molecule has 1 saturated carbocycles. The van der Waals surface area contributed by atoms with E-state index in [9.17, 15) is 9.59 Å². The number of rotatable bonds is 7. The number of aromatic amines is 1. The van der Waals surface area contributed by atoms with Gasteiger partial charge in [0.2, 0.25) is 0 Å². The van der Waals surface area contributed by atoms with Crippen LogP contribution in [0.3, 0.4) is 0 Å². The Hall–Kier alpha value is -2.84. The smallest absolute Gasteiger partial charge is 0.271 e. The van der Waals surface area contributed by atoms with E-state index < -0.39 is 0 Å². The molecule has 8 nitrogen and oxygen atoms in total. The molecule has 2 N–H and O–H groups in total. The highest BCUT2D eigenvalue weighted by Crippen LogP contribution is 2.34. The highest BCUT2D eigenvalue weighted by Gasteiger charge is 2.28. The fraction of sp³-hybridized carbons (Fsp3) is 0.480. The van der Waals surface area contributed by atoms with Crippen molar-refractivity contribution in [2.45, 2.75) is 58.2 Å². The predicted octanol–water partition coefficient (Wildman–Crippen LogP) is 3.61. The molecule has 2 aromatic heterocycles. The van der Waals surface area contributed by atoms with Crippen molar-refractivity contribution in [2.75, 3.05) is 25.5 Å². The maximum Gasteiger partial charge on any atom is 0.271 e. The minimum atomic E-state index is -0.270. The SMILES string of the molecule is CCN(c1cc(Cl)cc(C(=O)NCc2c(=O)[nH]n3cccnc23)c1C)C1CCC(N(C)C)CC1. The van der Waals surface area contributed by atoms with Crippen LogP contribution in [0.2, 0.25) is 5.02 Å². The molecule has 0 aliphatic heterocycles. The van der Waals surface area contributed by atoms with Crippen LogP contribution in [0.15, 0.2) is 35.4 Å². The molecule has 0 bridgehead atoms. The lowest BCUT2D eigenvalue weighted by atomic mass is 9.89. The Morgan fingerprint density at radius 3 is 2.62 bits per heavy atom. The van der Waals surface area contributed by atoms with Gasteiger partial charge in [-0.3, -0.25) is 14.7 Å². The van der Waals surface area contributed by atoms with Crippen LogP contribution < -0.4 is 15.8 Å². The molecule has 3 aromatic rings. The molecular formula is C25H33ClN6O2. The molecule has 0 atom stereocenters. The number of amides is 1. The number of fused-ring (bicyclic) bond motifs is 1. The topological polar surface area (TPSA) is 85.7 Å². The molecule has 34 heavy (non-hydrogen) atoms. The van der Waals surface area contributed by atoms with Gasteiger partial charge in [-0.25, -0.2) is 9.50 Å². The molecule has 0 radical (unpaired) electrons. The van der Waals surface area contributed by atoms with Crippen LogP contribution in [0.25, 0.3) is 5.65 Å². The Kier molecular flexibility index (Phi) is 7.28. The Labute approximate surface area is 204 Å². The van der Waals surface area contributed by atoms with Gasteiger partial charge in [-0.05, 0) is 77.4 Å². The van der Waals surface area contributed by atoms with E-state index in [0.29, 0.717) is 33.9 Å². The molecule has 2 heterocycles. The van der Waals surface area contributed by atoms with Gasteiger partial charge in [0.05, 0.1) is 12.1 Å². The average molecular weight is 485 g/mol. The van der Waals surface area contributed by atoms with Crippen LogP contribution >= 0.6 is 11.6 Å². The molecule has 9 heteroatoms. The first-order valence-electron chi connectivity index (χ1n) is 11.9. The largest absolute Gasteiger partial charge is 0.369 e. The van der Waals surface area contributed by atoms with Crippen molar-refractivity contribution in [3.63, 3.8) is 0 Å². The van der Waals surface area contributed by atoms with Gasteiger partial charge in [-0.15, -0.1) is 0 Å². The molecule has 182 valence electrons. The summed E-state index contributed by atoms with van der Waals surface area (Å²) in [5.41, 5.74) is 3.07. The predicted molar refractivity (Wildman–Crippen MR) is 136 cm³/mol. The molecule has 0 spiro atoms. The van der Waals surface area contributed by atoms with Crippen molar-refractivity contribution in [2.24, 2.45) is 0 Å². The van der Waals surface area contributed by atoms with E-state index in [4.69, 9.17) is 11.6 Å². The number of nitrogens with one attached hydrogen (secondary N) is 2. The standard InChI is InChI=1S/C25H33ClN6O2/c1-5-31(19-9-7-18(8-10-19)30(3)4)22-14-17(26)13-20(16(22)2)24(33)28-15-21-23-27-11-6-12-32(23)29-25(21)34/h6,11-14,18-19H,5,7-10,15H2,1-4H3,(H,28,33)(H,29,34). The summed E-state index contributed by atoms with van der Waals surface area (Å²) in [6.45, 7) is 5.04. The average Bonchev–Trinajstić information content (AvgIpc) is 3.15. The first-order valence-corrected chi connectivity index (χ1v) is 12.2. The lowest BCUT2D eigenvalue weighted by molar-refractivity contribution is 0.0950. The fourth-order valence-electron chi connectivity index (χ4n) is 5.10. The first kappa shape index (κ1) is 24.3. The second-order valence-corrected chi connectivity index (χ2v) is 9.66. The molecule has 4 rings (SSSR count). The van der Waals surface area contributed by atoms with Gasteiger partial charge < -0.3 is 15.1 Å². The van der Waals surface area contributed by atoms with Gasteiger partial charge in [0.1, 0.15) is 0 Å². The Morgan fingerprint density at radius 2 is 1.94 bits per heavy atom. The first-order chi connectivity index (χ1) is 16.3. The number of aromatic nitrogens is 3. The number of hydrogen-bond acceptors (Lipinski definition) is 5. The van der Waals surface area contributed by atoms with Crippen LogP contribution in [0.5, 0.6) is 0 Å². The zero-order chi connectivity index (χ0) is 24.4. The molecular weight excluding hydrogens is 452 g/mol. The summed E-state index contributed by atoms with van der Waals surface area (Å²) in [4.78, 5) is 34.5. The Balaban J connectivity index is 1.55. The van der Waals surface area contributed by atoms with Crippen molar-refractivity contribution in [3.05, 3.63) is 62.7 Å². The van der Waals surface area contributed by atoms with E-state index in [0.717, 1.165) is 43.5 Å². The van der Waals surface area contributed by atoms with Crippen LogP contribution in [0.4, 0.5) is 5.69 Å². The number of carbonyl (C=O) groups excluding carboxylic acids is 1. The van der Waals surface area contributed by atoms with Gasteiger partial charge >= 0.3 is 0 Å². The highest BCUT2D eigenvalue weighted by atomic mass is 35.5. The van der Waals surface area contributed by atoms with E-state index in [1.807, 2.05) is 13.0 Å². The number of nitrogens with zero attached hydrogens (tertiary/aromatic N) is 4. The number of carbonyl (C=O) groups is 1. The van der Waals surface area contributed by atoms with E-state index in [-0.39, 0.29) is 18.0 Å². The van der Waals surface area contributed by atoms with E-state index >= 15 is 0 Å². The van der Waals surface area contributed by atoms with Gasteiger partial charge in [0, 0.05) is 47.3 Å². The minimum absolute atomic E-state index is 0.0784. The van der Waals surface area contributed by atoms with Crippen molar-refractivity contribution < 1.29 is 4.79 Å². The Bertz CT molecular complexity index is 1230. The maximum atomic E-state index is 13.2. The minimum Gasteiger partial charge on any atom is -0.369 e. The third kappa shape index (κ3) is 4.83. The molecule has 1 fully saturated rings. The van der Waals surface area contributed by atoms with Crippen molar-refractivity contribution in [1.82, 2.24) is 24.8 Å². The van der Waals surface area contributed by atoms with E-state index in [1.54, 1.807) is 29.0 Å². The third-order valence-electron chi connectivity index (χ3n) is 7.02. The normalized spacial score (nSPS) is 18.4. The van der Waals surface area contributed by atoms with Gasteiger partial charge in [-0.2, -0.15) is 0 Å². The zero-order valence-electron chi connectivity index (χ0n) is 20.3. The highest BCUT2D eigenvalue weighted by molar-refractivity contribution is 6.31. The summed E-state index contributed by atoms with van der Waals surface area (Å²) in [5, 5.41) is 6.12. The molecule has 1 aromatic carbocycles. The molecule has 1 aliphatic rings. The summed E-state index contributed by atoms with van der Waals surface area (Å²) in [6.07, 6.45) is 7.88. The lowest BCUT2D eigenvalue weighted by Crippen LogP contribution is -2.42. The van der Waals surface area contributed by atoms with Gasteiger partial charge in [0.25, 0.3) is 11.5 Å². The number of anilines is 1. The fourth-order valence-corrected chi connectivity index (χ4v) is 5.31. The van der Waals surface area contributed by atoms with Gasteiger partial charge in [0.15, 0.2) is 5.65 Å². The monoisotopic (exact) mass is 484 g/mol.